The largest absolute Gasteiger partial charge is 0.495 e. The number of hydrogen-bond acceptors (Lipinski definition) is 5. The number of rotatable bonds is 7. The summed E-state index contributed by atoms with van der Waals surface area (Å²) in [6.07, 6.45) is 0.0683. The van der Waals surface area contributed by atoms with Crippen molar-refractivity contribution in [1.29, 1.82) is 0 Å². The number of hydrogen-bond donors (Lipinski definition) is 3. The van der Waals surface area contributed by atoms with Crippen molar-refractivity contribution in [2.75, 3.05) is 11.8 Å². The van der Waals surface area contributed by atoms with E-state index in [2.05, 4.69) is 15.6 Å². The molecular weight excluding hydrogens is 466 g/mol. The summed E-state index contributed by atoms with van der Waals surface area (Å²) < 4.78 is 33.3. The van der Waals surface area contributed by atoms with Gasteiger partial charge in [0.25, 0.3) is 15.9 Å². The third-order valence-corrected chi connectivity index (χ3v) is 6.67. The Hall–Kier alpha value is -4.37. The highest BCUT2D eigenvalue weighted by Gasteiger charge is 2.18. The predicted octanol–water partition coefficient (Wildman–Crippen LogP) is 3.65. The summed E-state index contributed by atoms with van der Waals surface area (Å²) >= 11 is 0. The normalized spacial score (nSPS) is 11.0. The fourth-order valence-electron chi connectivity index (χ4n) is 3.60. The Kier molecular flexibility index (Phi) is 6.98. The molecule has 0 heterocycles. The molecule has 4 aromatic carbocycles. The highest BCUT2D eigenvalue weighted by Crippen LogP contribution is 2.26. The maximum Gasteiger partial charge on any atom is 0.269 e. The minimum Gasteiger partial charge on any atom is -0.495 e. The number of nitrogens with one attached hydrogen (secondary N) is 3. The molecule has 4 rings (SSSR count). The number of ether oxygens (including phenoxy) is 1. The van der Waals surface area contributed by atoms with Crippen LogP contribution in [0.4, 0.5) is 5.69 Å². The second kappa shape index (κ2) is 10.3. The molecule has 0 aliphatic carbocycles. The Balaban J connectivity index is 1.42. The molecule has 178 valence electrons. The van der Waals surface area contributed by atoms with Gasteiger partial charge in [0.05, 0.1) is 24.1 Å². The Morgan fingerprint density at radius 3 is 2.37 bits per heavy atom. The van der Waals surface area contributed by atoms with Gasteiger partial charge in [-0.3, -0.25) is 25.2 Å². The van der Waals surface area contributed by atoms with Crippen LogP contribution in [0.1, 0.15) is 15.9 Å². The van der Waals surface area contributed by atoms with Gasteiger partial charge >= 0.3 is 0 Å². The van der Waals surface area contributed by atoms with Crippen LogP contribution in [0.2, 0.25) is 0 Å². The third kappa shape index (κ3) is 5.59. The van der Waals surface area contributed by atoms with E-state index in [1.807, 2.05) is 42.5 Å². The van der Waals surface area contributed by atoms with Crippen LogP contribution in [0.3, 0.4) is 0 Å². The lowest BCUT2D eigenvalue weighted by Crippen LogP contribution is -2.42. The quantitative estimate of drug-likeness (QED) is 0.343. The number of anilines is 1. The minimum absolute atomic E-state index is 0.0679. The smallest absolute Gasteiger partial charge is 0.269 e. The third-order valence-electron chi connectivity index (χ3n) is 5.30. The van der Waals surface area contributed by atoms with Crippen LogP contribution in [0.25, 0.3) is 10.8 Å². The zero-order chi connectivity index (χ0) is 24.8. The van der Waals surface area contributed by atoms with Crippen molar-refractivity contribution >= 4 is 38.3 Å². The molecule has 8 nitrogen and oxygen atoms in total. The summed E-state index contributed by atoms with van der Waals surface area (Å²) in [6.45, 7) is 0. The fourth-order valence-corrected chi connectivity index (χ4v) is 4.72. The van der Waals surface area contributed by atoms with E-state index in [4.69, 9.17) is 4.74 Å². The number of amides is 2. The van der Waals surface area contributed by atoms with Gasteiger partial charge in [-0.15, -0.1) is 0 Å². The average Bonchev–Trinajstić information content (AvgIpc) is 2.87. The molecular formula is C26H23N3O5S. The summed E-state index contributed by atoms with van der Waals surface area (Å²) in [7, 11) is -2.55. The number of carbonyl (C=O) groups is 2. The molecule has 3 N–H and O–H groups in total. The monoisotopic (exact) mass is 489 g/mol. The predicted molar refractivity (Wildman–Crippen MR) is 134 cm³/mol. The summed E-state index contributed by atoms with van der Waals surface area (Å²) in [5.41, 5.74) is 5.89. The van der Waals surface area contributed by atoms with Crippen LogP contribution in [-0.2, 0) is 21.2 Å². The number of sulfonamides is 1. The first-order valence-electron chi connectivity index (χ1n) is 10.7. The van der Waals surface area contributed by atoms with Crippen molar-refractivity contribution in [2.24, 2.45) is 0 Å². The molecule has 0 radical (unpaired) electrons. The van der Waals surface area contributed by atoms with E-state index in [-0.39, 0.29) is 22.6 Å². The molecule has 0 fully saturated rings. The van der Waals surface area contributed by atoms with Crippen molar-refractivity contribution in [3.8, 4) is 5.75 Å². The number of carbonyl (C=O) groups excluding carboxylic acids is 2. The van der Waals surface area contributed by atoms with Crippen LogP contribution >= 0.6 is 0 Å². The Morgan fingerprint density at radius 2 is 1.54 bits per heavy atom. The van der Waals surface area contributed by atoms with Gasteiger partial charge in [-0.1, -0.05) is 60.7 Å². The molecule has 0 spiro atoms. The van der Waals surface area contributed by atoms with Crippen molar-refractivity contribution in [3.63, 3.8) is 0 Å². The summed E-state index contributed by atoms with van der Waals surface area (Å²) in [5, 5.41) is 1.97. The van der Waals surface area contributed by atoms with Gasteiger partial charge in [0.15, 0.2) is 0 Å². The van der Waals surface area contributed by atoms with Crippen LogP contribution < -0.4 is 20.3 Å². The molecule has 0 saturated carbocycles. The molecule has 35 heavy (non-hydrogen) atoms. The molecule has 2 amide bonds. The number of fused-ring (bicyclic) bond motifs is 1. The topological polar surface area (TPSA) is 114 Å². The highest BCUT2D eigenvalue weighted by atomic mass is 32.2. The zero-order valence-electron chi connectivity index (χ0n) is 18.8. The fraction of sp³-hybridized carbons (Fsp3) is 0.0769. The van der Waals surface area contributed by atoms with E-state index in [1.54, 1.807) is 24.3 Å². The lowest BCUT2D eigenvalue weighted by atomic mass is 10.0. The second-order valence-electron chi connectivity index (χ2n) is 7.65. The summed E-state index contributed by atoms with van der Waals surface area (Å²) in [4.78, 5) is 24.9. The standard InChI is InChI=1S/C26H23N3O5S/c1-34-24-15-5-4-14-23(24)29-35(32,33)21-12-7-11-20(16-21)26(31)28-27-25(30)17-19-10-6-9-18-8-2-3-13-22(18)19/h2-16,29H,17H2,1H3,(H,27,30)(H,28,31). The number of hydrazine groups is 1. The van der Waals surface area contributed by atoms with E-state index in [0.29, 0.717) is 5.75 Å². The van der Waals surface area contributed by atoms with Gasteiger partial charge in [0.2, 0.25) is 5.91 Å². The first-order valence-corrected chi connectivity index (χ1v) is 12.2. The Labute approximate surface area is 203 Å². The van der Waals surface area contributed by atoms with E-state index < -0.39 is 21.8 Å². The van der Waals surface area contributed by atoms with E-state index in [9.17, 15) is 18.0 Å². The summed E-state index contributed by atoms with van der Waals surface area (Å²) in [5.74, 6) is -0.694. The molecule has 0 aliphatic heterocycles. The Bertz CT molecular complexity index is 1500. The van der Waals surface area contributed by atoms with Crippen molar-refractivity contribution in [3.05, 3.63) is 102 Å². The lowest BCUT2D eigenvalue weighted by molar-refractivity contribution is -0.121. The van der Waals surface area contributed by atoms with Gasteiger partial charge in [-0.05, 0) is 46.7 Å². The molecule has 0 bridgehead atoms. The van der Waals surface area contributed by atoms with E-state index >= 15 is 0 Å². The van der Waals surface area contributed by atoms with Gasteiger partial charge in [-0.25, -0.2) is 8.42 Å². The number of para-hydroxylation sites is 2. The molecule has 9 heteroatoms. The minimum atomic E-state index is -3.99. The van der Waals surface area contributed by atoms with E-state index in [0.717, 1.165) is 16.3 Å². The first kappa shape index (κ1) is 23.8. The molecule has 0 saturated heterocycles. The van der Waals surface area contributed by atoms with Crippen molar-refractivity contribution < 1.29 is 22.7 Å². The molecule has 4 aromatic rings. The van der Waals surface area contributed by atoms with Crippen molar-refractivity contribution in [1.82, 2.24) is 10.9 Å². The number of benzene rings is 4. The van der Waals surface area contributed by atoms with Crippen LogP contribution in [0, 0.1) is 0 Å². The molecule has 0 unspecified atom stereocenters. The van der Waals surface area contributed by atoms with Crippen LogP contribution in [-0.4, -0.2) is 27.3 Å². The zero-order valence-corrected chi connectivity index (χ0v) is 19.6. The first-order chi connectivity index (χ1) is 16.9. The van der Waals surface area contributed by atoms with Gasteiger partial charge < -0.3 is 4.74 Å². The highest BCUT2D eigenvalue weighted by molar-refractivity contribution is 7.92. The Morgan fingerprint density at radius 1 is 0.829 bits per heavy atom. The van der Waals surface area contributed by atoms with Gasteiger partial charge in [0.1, 0.15) is 5.75 Å². The van der Waals surface area contributed by atoms with Gasteiger partial charge in [-0.2, -0.15) is 0 Å². The van der Waals surface area contributed by atoms with Crippen LogP contribution in [0.5, 0.6) is 5.75 Å². The molecule has 0 aliphatic rings. The maximum atomic E-state index is 12.9. The second-order valence-corrected chi connectivity index (χ2v) is 9.33. The number of methoxy groups -OCH3 is 1. The summed E-state index contributed by atoms with van der Waals surface area (Å²) in [6, 6.07) is 25.5. The SMILES string of the molecule is COc1ccccc1NS(=O)(=O)c1cccc(C(=O)NNC(=O)Cc2cccc3ccccc23)c1. The average molecular weight is 490 g/mol. The van der Waals surface area contributed by atoms with E-state index in [1.165, 1.54) is 31.4 Å². The lowest BCUT2D eigenvalue weighted by Gasteiger charge is -2.13. The molecule has 0 aromatic heterocycles. The maximum absolute atomic E-state index is 12.9. The van der Waals surface area contributed by atoms with Crippen LogP contribution in [0.15, 0.2) is 95.9 Å². The van der Waals surface area contributed by atoms with Gasteiger partial charge in [0, 0.05) is 5.56 Å². The molecule has 0 atom stereocenters. The van der Waals surface area contributed by atoms with Crippen molar-refractivity contribution in [2.45, 2.75) is 11.3 Å².